The standard InChI is InChI=1S/C10H23N/c1-7-9(8(2)3)11-10(4,5)6/h8-9,11H,7H2,1-6H3. The zero-order chi connectivity index (χ0) is 9.07. The van der Waals surface area contributed by atoms with Gasteiger partial charge in [0.05, 0.1) is 0 Å². The van der Waals surface area contributed by atoms with Gasteiger partial charge in [0, 0.05) is 11.6 Å². The lowest BCUT2D eigenvalue weighted by atomic mass is 9.98. The molecule has 0 saturated heterocycles. The average Bonchev–Trinajstić information content (AvgIpc) is 1.80. The van der Waals surface area contributed by atoms with Crippen LogP contribution in [0.3, 0.4) is 0 Å². The highest BCUT2D eigenvalue weighted by atomic mass is 15.0. The molecule has 0 aromatic heterocycles. The Kier molecular flexibility index (Phi) is 4.09. The number of hydrogen-bond acceptors (Lipinski definition) is 1. The van der Waals surface area contributed by atoms with Crippen molar-refractivity contribution >= 4 is 0 Å². The molecule has 0 bridgehead atoms. The molecule has 0 amide bonds. The van der Waals surface area contributed by atoms with Crippen molar-refractivity contribution in [3.63, 3.8) is 0 Å². The van der Waals surface area contributed by atoms with E-state index in [0.29, 0.717) is 6.04 Å². The molecule has 0 aliphatic carbocycles. The monoisotopic (exact) mass is 157 g/mol. The van der Waals surface area contributed by atoms with Crippen LogP contribution in [0.2, 0.25) is 0 Å². The van der Waals surface area contributed by atoms with Crippen LogP contribution >= 0.6 is 0 Å². The predicted molar refractivity (Wildman–Crippen MR) is 51.8 cm³/mol. The quantitative estimate of drug-likeness (QED) is 0.664. The highest BCUT2D eigenvalue weighted by Crippen LogP contribution is 2.10. The van der Waals surface area contributed by atoms with Gasteiger partial charge in [-0.15, -0.1) is 0 Å². The van der Waals surface area contributed by atoms with Gasteiger partial charge in [-0.1, -0.05) is 20.8 Å². The Hall–Kier alpha value is -0.0400. The molecule has 1 nitrogen and oxygen atoms in total. The van der Waals surface area contributed by atoms with E-state index in [0.717, 1.165) is 5.92 Å². The van der Waals surface area contributed by atoms with Crippen LogP contribution in [0.5, 0.6) is 0 Å². The molecule has 0 aromatic rings. The molecular weight excluding hydrogens is 134 g/mol. The Labute approximate surface area is 71.6 Å². The molecular formula is C10H23N. The molecule has 0 saturated carbocycles. The third-order valence-corrected chi connectivity index (χ3v) is 1.86. The maximum absolute atomic E-state index is 3.61. The van der Waals surface area contributed by atoms with Crippen LogP contribution in [0.15, 0.2) is 0 Å². The summed E-state index contributed by atoms with van der Waals surface area (Å²) < 4.78 is 0. The molecule has 1 unspecified atom stereocenters. The van der Waals surface area contributed by atoms with Crippen molar-refractivity contribution in [1.29, 1.82) is 0 Å². The largest absolute Gasteiger partial charge is 0.309 e. The SMILES string of the molecule is CCC(NC(C)(C)C)C(C)C. The fraction of sp³-hybridized carbons (Fsp3) is 1.00. The van der Waals surface area contributed by atoms with Crippen molar-refractivity contribution in [1.82, 2.24) is 5.32 Å². The zero-order valence-electron chi connectivity index (χ0n) is 8.86. The van der Waals surface area contributed by atoms with Crippen molar-refractivity contribution in [2.24, 2.45) is 5.92 Å². The summed E-state index contributed by atoms with van der Waals surface area (Å²) in [4.78, 5) is 0. The van der Waals surface area contributed by atoms with Crippen LogP contribution in [0.1, 0.15) is 48.0 Å². The van der Waals surface area contributed by atoms with E-state index in [1.165, 1.54) is 6.42 Å². The number of rotatable bonds is 3. The summed E-state index contributed by atoms with van der Waals surface area (Å²) in [5, 5.41) is 3.61. The minimum absolute atomic E-state index is 0.255. The molecule has 1 atom stereocenters. The van der Waals surface area contributed by atoms with E-state index in [9.17, 15) is 0 Å². The van der Waals surface area contributed by atoms with Crippen LogP contribution < -0.4 is 5.32 Å². The summed E-state index contributed by atoms with van der Waals surface area (Å²) in [6, 6.07) is 0.662. The van der Waals surface area contributed by atoms with Crippen LogP contribution in [-0.2, 0) is 0 Å². The van der Waals surface area contributed by atoms with Gasteiger partial charge < -0.3 is 5.32 Å². The Morgan fingerprint density at radius 2 is 1.64 bits per heavy atom. The van der Waals surface area contributed by atoms with Crippen molar-refractivity contribution in [2.75, 3.05) is 0 Å². The lowest BCUT2D eigenvalue weighted by Crippen LogP contribution is -2.45. The lowest BCUT2D eigenvalue weighted by Gasteiger charge is -2.30. The number of hydrogen-bond donors (Lipinski definition) is 1. The second-order valence-electron chi connectivity index (χ2n) is 4.65. The van der Waals surface area contributed by atoms with Gasteiger partial charge in [0.15, 0.2) is 0 Å². The highest BCUT2D eigenvalue weighted by molar-refractivity contribution is 4.78. The van der Waals surface area contributed by atoms with Crippen LogP contribution in [0.4, 0.5) is 0 Å². The first-order valence-corrected chi connectivity index (χ1v) is 4.64. The van der Waals surface area contributed by atoms with Crippen molar-refractivity contribution < 1.29 is 0 Å². The molecule has 68 valence electrons. The van der Waals surface area contributed by atoms with E-state index < -0.39 is 0 Å². The van der Waals surface area contributed by atoms with Gasteiger partial charge in [0.25, 0.3) is 0 Å². The number of nitrogens with one attached hydrogen (secondary N) is 1. The predicted octanol–water partition coefficient (Wildman–Crippen LogP) is 2.81. The molecule has 0 spiro atoms. The van der Waals surface area contributed by atoms with Crippen LogP contribution in [-0.4, -0.2) is 11.6 Å². The molecule has 11 heavy (non-hydrogen) atoms. The Morgan fingerprint density at radius 3 is 1.73 bits per heavy atom. The fourth-order valence-corrected chi connectivity index (χ4v) is 1.30. The maximum atomic E-state index is 3.61. The van der Waals surface area contributed by atoms with Gasteiger partial charge >= 0.3 is 0 Å². The van der Waals surface area contributed by atoms with E-state index in [4.69, 9.17) is 0 Å². The summed E-state index contributed by atoms with van der Waals surface area (Å²) >= 11 is 0. The first kappa shape index (κ1) is 11.0. The summed E-state index contributed by atoms with van der Waals surface area (Å²) in [7, 11) is 0. The van der Waals surface area contributed by atoms with Crippen LogP contribution in [0, 0.1) is 5.92 Å². The second-order valence-corrected chi connectivity index (χ2v) is 4.65. The van der Waals surface area contributed by atoms with Gasteiger partial charge in [-0.05, 0) is 33.1 Å². The van der Waals surface area contributed by atoms with Gasteiger partial charge in [0.1, 0.15) is 0 Å². The molecule has 0 rings (SSSR count). The zero-order valence-corrected chi connectivity index (χ0v) is 8.86. The minimum atomic E-state index is 0.255. The van der Waals surface area contributed by atoms with Crippen LogP contribution in [0.25, 0.3) is 0 Å². The Balaban J connectivity index is 3.88. The lowest BCUT2D eigenvalue weighted by molar-refractivity contribution is 0.297. The van der Waals surface area contributed by atoms with E-state index in [2.05, 4.69) is 46.9 Å². The molecule has 0 aromatic carbocycles. The van der Waals surface area contributed by atoms with Crippen molar-refractivity contribution in [3.05, 3.63) is 0 Å². The maximum Gasteiger partial charge on any atom is 0.00992 e. The van der Waals surface area contributed by atoms with Crippen molar-refractivity contribution in [3.8, 4) is 0 Å². The highest BCUT2D eigenvalue weighted by Gasteiger charge is 2.17. The molecule has 1 heteroatoms. The molecule has 0 aliphatic rings. The van der Waals surface area contributed by atoms with Gasteiger partial charge in [-0.25, -0.2) is 0 Å². The van der Waals surface area contributed by atoms with E-state index in [-0.39, 0.29) is 5.54 Å². The third kappa shape index (κ3) is 5.25. The van der Waals surface area contributed by atoms with E-state index in [1.807, 2.05) is 0 Å². The molecule has 0 heterocycles. The first-order valence-electron chi connectivity index (χ1n) is 4.64. The normalized spacial score (nSPS) is 15.5. The van der Waals surface area contributed by atoms with Crippen molar-refractivity contribution in [2.45, 2.75) is 59.5 Å². The van der Waals surface area contributed by atoms with Gasteiger partial charge in [-0.2, -0.15) is 0 Å². The molecule has 0 radical (unpaired) electrons. The summed E-state index contributed by atoms with van der Waals surface area (Å²) in [5.74, 6) is 0.735. The summed E-state index contributed by atoms with van der Waals surface area (Å²) in [6.07, 6.45) is 1.22. The molecule has 1 N–H and O–H groups in total. The van der Waals surface area contributed by atoms with Gasteiger partial charge in [0.2, 0.25) is 0 Å². The third-order valence-electron chi connectivity index (χ3n) is 1.86. The average molecular weight is 157 g/mol. The fourth-order valence-electron chi connectivity index (χ4n) is 1.30. The van der Waals surface area contributed by atoms with Gasteiger partial charge in [-0.3, -0.25) is 0 Å². The van der Waals surface area contributed by atoms with E-state index >= 15 is 0 Å². The Bertz CT molecular complexity index is 99.9. The molecule has 0 fully saturated rings. The van der Waals surface area contributed by atoms with E-state index in [1.54, 1.807) is 0 Å². The smallest absolute Gasteiger partial charge is 0.00992 e. The minimum Gasteiger partial charge on any atom is -0.309 e. The first-order chi connectivity index (χ1) is 4.87. The molecule has 0 aliphatic heterocycles. The summed E-state index contributed by atoms with van der Waals surface area (Å²) in [5.41, 5.74) is 0.255. The second kappa shape index (κ2) is 4.10. The topological polar surface area (TPSA) is 12.0 Å². The summed E-state index contributed by atoms with van der Waals surface area (Å²) in [6.45, 7) is 13.4. The Morgan fingerprint density at radius 1 is 1.18 bits per heavy atom.